The Balaban J connectivity index is 2.55. The molecule has 1 N–H and O–H groups in total. The molecule has 2 nitrogen and oxygen atoms in total. The molecule has 1 saturated carbocycles. The fourth-order valence-electron chi connectivity index (χ4n) is 0.324. The molecule has 1 aliphatic carbocycles. The van der Waals surface area contributed by atoms with E-state index >= 15 is 0 Å². The Hall–Kier alpha value is 0.200. The summed E-state index contributed by atoms with van der Waals surface area (Å²) in [4.78, 5) is 10.1. The van der Waals surface area contributed by atoms with Crippen molar-refractivity contribution in [3.05, 3.63) is 0 Å². The summed E-state index contributed by atoms with van der Waals surface area (Å²) in [7, 11) is 0. The minimum absolute atomic E-state index is 0.363. The van der Waals surface area contributed by atoms with Crippen LogP contribution in [-0.2, 0) is 4.79 Å². The quantitative estimate of drug-likeness (QED) is 0.520. The number of hydrogen-bond donors (Lipinski definition) is 1. The first-order chi connectivity index (χ1) is 3.15. The fourth-order valence-corrected chi connectivity index (χ4v) is 0.593. The summed E-state index contributed by atoms with van der Waals surface area (Å²) in [5.41, 5.74) is 0. The second-order valence-corrected chi connectivity index (χ2v) is 3.84. The van der Waals surface area contributed by atoms with Crippen LogP contribution in [0, 0.1) is 0 Å². The van der Waals surface area contributed by atoms with E-state index in [1.165, 1.54) is 0 Å². The summed E-state index contributed by atoms with van der Waals surface area (Å²) in [6, 6.07) is 0. The van der Waals surface area contributed by atoms with Crippen molar-refractivity contribution >= 4 is 28.6 Å². The van der Waals surface area contributed by atoms with Crippen LogP contribution < -0.4 is 0 Å². The van der Waals surface area contributed by atoms with Gasteiger partial charge in [0.25, 0.3) is 0 Å². The van der Waals surface area contributed by atoms with Gasteiger partial charge in [-0.25, -0.2) is 0 Å². The fraction of sp³-hybridized carbons (Fsp3) is 0.750. The maximum absolute atomic E-state index is 10.1. The van der Waals surface area contributed by atoms with E-state index in [0.717, 1.165) is 12.8 Å². The van der Waals surface area contributed by atoms with Gasteiger partial charge in [0.2, 0.25) is 0 Å². The van der Waals surface area contributed by atoms with Crippen molar-refractivity contribution in [2.75, 3.05) is 0 Å². The normalized spacial score (nSPS) is 24.1. The summed E-state index contributed by atoms with van der Waals surface area (Å²) in [6.45, 7) is 0. The molecular formula is C4H5IO2. The van der Waals surface area contributed by atoms with Crippen molar-refractivity contribution in [3.8, 4) is 0 Å². The molecule has 0 spiro atoms. The third kappa shape index (κ3) is 0.872. The first-order valence-electron chi connectivity index (χ1n) is 2.07. The van der Waals surface area contributed by atoms with Crippen LogP contribution in [0.1, 0.15) is 12.8 Å². The zero-order valence-electron chi connectivity index (χ0n) is 3.65. The number of alkyl halides is 1. The molecule has 0 unspecified atom stereocenters. The van der Waals surface area contributed by atoms with Crippen molar-refractivity contribution in [2.24, 2.45) is 0 Å². The Labute approximate surface area is 55.0 Å². The summed E-state index contributed by atoms with van der Waals surface area (Å²) < 4.78 is -0.363. The molecule has 0 aromatic heterocycles. The van der Waals surface area contributed by atoms with Crippen LogP contribution in [0.5, 0.6) is 0 Å². The van der Waals surface area contributed by atoms with Crippen LogP contribution in [0.25, 0.3) is 0 Å². The molecule has 0 radical (unpaired) electrons. The molecular weight excluding hydrogens is 207 g/mol. The second kappa shape index (κ2) is 1.34. The van der Waals surface area contributed by atoms with Crippen LogP contribution >= 0.6 is 22.6 Å². The van der Waals surface area contributed by atoms with E-state index in [1.54, 1.807) is 0 Å². The maximum Gasteiger partial charge on any atom is 0.319 e. The first-order valence-corrected chi connectivity index (χ1v) is 3.15. The van der Waals surface area contributed by atoms with Crippen molar-refractivity contribution in [1.82, 2.24) is 0 Å². The average molecular weight is 212 g/mol. The molecule has 0 bridgehead atoms. The maximum atomic E-state index is 10.1. The van der Waals surface area contributed by atoms with Crippen molar-refractivity contribution in [3.63, 3.8) is 0 Å². The third-order valence-corrected chi connectivity index (χ3v) is 2.61. The Morgan fingerprint density at radius 3 is 2.14 bits per heavy atom. The number of hydrogen-bond acceptors (Lipinski definition) is 1. The molecule has 1 rings (SSSR count). The number of carboxylic acid groups (broad SMARTS) is 1. The van der Waals surface area contributed by atoms with Gasteiger partial charge in [-0.3, -0.25) is 4.79 Å². The van der Waals surface area contributed by atoms with Gasteiger partial charge in [-0.15, -0.1) is 0 Å². The first kappa shape index (κ1) is 5.34. The lowest BCUT2D eigenvalue weighted by molar-refractivity contribution is -0.136. The van der Waals surface area contributed by atoms with Gasteiger partial charge in [0, 0.05) is 0 Å². The summed E-state index contributed by atoms with van der Waals surface area (Å²) in [6.07, 6.45) is 1.70. The average Bonchev–Trinajstić information content (AvgIpc) is 2.21. The van der Waals surface area contributed by atoms with Crippen molar-refractivity contribution in [2.45, 2.75) is 16.3 Å². The van der Waals surface area contributed by atoms with Crippen molar-refractivity contribution < 1.29 is 9.90 Å². The van der Waals surface area contributed by atoms with Gasteiger partial charge in [0.05, 0.1) is 0 Å². The molecule has 0 aromatic carbocycles. The smallest absolute Gasteiger partial charge is 0.319 e. The highest BCUT2D eigenvalue weighted by Crippen LogP contribution is 2.44. The molecule has 1 aliphatic rings. The van der Waals surface area contributed by atoms with E-state index in [4.69, 9.17) is 5.11 Å². The van der Waals surface area contributed by atoms with Crippen LogP contribution in [0.4, 0.5) is 0 Å². The second-order valence-electron chi connectivity index (χ2n) is 1.77. The Morgan fingerprint density at radius 1 is 1.71 bits per heavy atom. The number of halogens is 1. The number of aliphatic carboxylic acids is 1. The summed E-state index contributed by atoms with van der Waals surface area (Å²) in [5.74, 6) is -0.659. The highest BCUT2D eigenvalue weighted by atomic mass is 127. The van der Waals surface area contributed by atoms with Crippen molar-refractivity contribution in [1.29, 1.82) is 0 Å². The molecule has 0 atom stereocenters. The zero-order valence-corrected chi connectivity index (χ0v) is 5.81. The number of carbonyl (C=O) groups is 1. The monoisotopic (exact) mass is 212 g/mol. The summed E-state index contributed by atoms with van der Waals surface area (Å²) >= 11 is 1.98. The Bertz CT molecular complexity index is 106. The van der Waals surface area contributed by atoms with Gasteiger partial charge in [-0.1, -0.05) is 22.6 Å². The SMILES string of the molecule is O=C(O)C1(I)CC1. The Morgan fingerprint density at radius 2 is 2.14 bits per heavy atom. The molecule has 0 aromatic rings. The molecule has 0 heterocycles. The predicted octanol–water partition coefficient (Wildman–Crippen LogP) is 1.04. The lowest BCUT2D eigenvalue weighted by Crippen LogP contribution is -2.12. The number of rotatable bonds is 1. The van der Waals surface area contributed by atoms with E-state index in [0.29, 0.717) is 0 Å². The van der Waals surface area contributed by atoms with Crippen LogP contribution in [0.2, 0.25) is 0 Å². The highest BCUT2D eigenvalue weighted by Gasteiger charge is 2.47. The molecule has 40 valence electrons. The van der Waals surface area contributed by atoms with E-state index in [1.807, 2.05) is 22.6 Å². The lowest BCUT2D eigenvalue weighted by Gasteiger charge is -1.92. The molecule has 0 saturated heterocycles. The topological polar surface area (TPSA) is 37.3 Å². The molecule has 1 fully saturated rings. The lowest BCUT2D eigenvalue weighted by atomic mass is 10.4. The van der Waals surface area contributed by atoms with Gasteiger partial charge < -0.3 is 5.11 Å². The van der Waals surface area contributed by atoms with Crippen LogP contribution in [-0.4, -0.2) is 14.5 Å². The van der Waals surface area contributed by atoms with E-state index in [2.05, 4.69) is 0 Å². The van der Waals surface area contributed by atoms with Gasteiger partial charge in [0.15, 0.2) is 0 Å². The van der Waals surface area contributed by atoms with Crippen LogP contribution in [0.15, 0.2) is 0 Å². The molecule has 0 aliphatic heterocycles. The minimum Gasteiger partial charge on any atom is -0.480 e. The zero-order chi connectivity index (χ0) is 5.49. The highest BCUT2D eigenvalue weighted by molar-refractivity contribution is 14.1. The molecule has 7 heavy (non-hydrogen) atoms. The summed E-state index contributed by atoms with van der Waals surface area (Å²) in [5, 5.41) is 8.30. The molecule has 0 amide bonds. The standard InChI is InChI=1S/C4H5IO2/c5-4(1-2-4)3(6)7/h1-2H2,(H,6,7). The van der Waals surface area contributed by atoms with Gasteiger partial charge in [-0.2, -0.15) is 0 Å². The van der Waals surface area contributed by atoms with Crippen LogP contribution in [0.3, 0.4) is 0 Å². The predicted molar refractivity (Wildman–Crippen MR) is 33.6 cm³/mol. The van der Waals surface area contributed by atoms with E-state index in [-0.39, 0.29) is 3.42 Å². The number of carboxylic acids is 1. The minimum atomic E-state index is -0.659. The third-order valence-electron chi connectivity index (χ3n) is 1.07. The van der Waals surface area contributed by atoms with Gasteiger partial charge >= 0.3 is 5.97 Å². The van der Waals surface area contributed by atoms with Gasteiger partial charge in [0.1, 0.15) is 3.42 Å². The Kier molecular flexibility index (Phi) is 1.02. The largest absolute Gasteiger partial charge is 0.480 e. The molecule has 3 heteroatoms. The van der Waals surface area contributed by atoms with Gasteiger partial charge in [-0.05, 0) is 12.8 Å². The van der Waals surface area contributed by atoms with E-state index in [9.17, 15) is 4.79 Å². The van der Waals surface area contributed by atoms with E-state index < -0.39 is 5.97 Å².